The van der Waals surface area contributed by atoms with Crippen molar-refractivity contribution in [2.75, 3.05) is 0 Å². The fourth-order valence-corrected chi connectivity index (χ4v) is 3.25. The third kappa shape index (κ3) is 3.10. The van der Waals surface area contributed by atoms with E-state index >= 15 is 0 Å². The number of hydrogen-bond acceptors (Lipinski definition) is 3. The molecule has 4 rings (SSSR count). The summed E-state index contributed by atoms with van der Waals surface area (Å²) in [6, 6.07) is 14.6. The van der Waals surface area contributed by atoms with Crippen molar-refractivity contribution < 1.29 is 4.79 Å². The van der Waals surface area contributed by atoms with Gasteiger partial charge in [0.25, 0.3) is 5.91 Å². The highest BCUT2D eigenvalue weighted by Crippen LogP contribution is 2.27. The van der Waals surface area contributed by atoms with Gasteiger partial charge >= 0.3 is 0 Å². The number of amides is 1. The van der Waals surface area contributed by atoms with Gasteiger partial charge in [-0.3, -0.25) is 9.59 Å². The van der Waals surface area contributed by atoms with E-state index in [-0.39, 0.29) is 17.5 Å². The lowest BCUT2D eigenvalue weighted by molar-refractivity contribution is 0.0927. The first-order valence-electron chi connectivity index (χ1n) is 8.35. The molecule has 1 aliphatic carbocycles. The summed E-state index contributed by atoms with van der Waals surface area (Å²) in [5, 5.41) is 7.40. The van der Waals surface area contributed by atoms with Gasteiger partial charge in [-0.15, -0.1) is 0 Å². The Balaban J connectivity index is 1.54. The number of pyridine rings is 1. The maximum Gasteiger partial charge on any atom is 0.272 e. The number of aromatic amines is 1. The number of nitrogens with zero attached hydrogens (tertiary/aromatic N) is 2. The quantitative estimate of drug-likeness (QED) is 0.772. The summed E-state index contributed by atoms with van der Waals surface area (Å²) in [5.41, 5.74) is 3.08. The molecular weight excluding hydrogens is 316 g/mol. The predicted molar refractivity (Wildman–Crippen MR) is 93.8 cm³/mol. The van der Waals surface area contributed by atoms with E-state index in [0.717, 1.165) is 36.2 Å². The van der Waals surface area contributed by atoms with Gasteiger partial charge in [0.15, 0.2) is 5.69 Å². The number of fused-ring (bicyclic) bond motifs is 1. The lowest BCUT2D eigenvalue weighted by atomic mass is 9.91. The van der Waals surface area contributed by atoms with Crippen LogP contribution in [0.1, 0.15) is 40.6 Å². The second kappa shape index (κ2) is 6.39. The number of carbonyl (C=O) groups excluding carboxylic acids is 1. The molecule has 2 N–H and O–H groups in total. The molecule has 0 unspecified atom stereocenters. The van der Waals surface area contributed by atoms with Crippen molar-refractivity contribution in [3.8, 4) is 5.69 Å². The Morgan fingerprint density at radius 1 is 1.16 bits per heavy atom. The van der Waals surface area contributed by atoms with E-state index < -0.39 is 0 Å². The molecule has 6 heteroatoms. The number of carbonyl (C=O) groups is 1. The van der Waals surface area contributed by atoms with Crippen LogP contribution in [0.4, 0.5) is 0 Å². The van der Waals surface area contributed by atoms with Crippen LogP contribution in [0, 0.1) is 0 Å². The van der Waals surface area contributed by atoms with Crippen LogP contribution >= 0.6 is 0 Å². The second-order valence-corrected chi connectivity index (χ2v) is 6.16. The van der Waals surface area contributed by atoms with E-state index in [1.165, 1.54) is 6.07 Å². The van der Waals surface area contributed by atoms with Gasteiger partial charge in [0, 0.05) is 18.0 Å². The summed E-state index contributed by atoms with van der Waals surface area (Å²) in [6.07, 6.45) is 4.39. The Kier molecular flexibility index (Phi) is 3.93. The second-order valence-electron chi connectivity index (χ2n) is 6.16. The molecule has 1 atom stereocenters. The van der Waals surface area contributed by atoms with Gasteiger partial charge in [0.2, 0.25) is 5.56 Å². The van der Waals surface area contributed by atoms with Crippen molar-refractivity contribution in [2.45, 2.75) is 25.3 Å². The number of H-pyrrole nitrogens is 1. The molecule has 1 amide bonds. The Morgan fingerprint density at radius 3 is 2.84 bits per heavy atom. The van der Waals surface area contributed by atoms with Crippen molar-refractivity contribution in [1.29, 1.82) is 0 Å². The molecule has 3 aromatic rings. The zero-order valence-corrected chi connectivity index (χ0v) is 13.6. The highest BCUT2D eigenvalue weighted by atomic mass is 16.2. The molecule has 6 nitrogen and oxygen atoms in total. The number of nitrogens with one attached hydrogen (secondary N) is 2. The average molecular weight is 334 g/mol. The van der Waals surface area contributed by atoms with Crippen molar-refractivity contribution in [3.05, 3.63) is 82.0 Å². The van der Waals surface area contributed by atoms with Gasteiger partial charge in [0.1, 0.15) is 0 Å². The maximum atomic E-state index is 12.6. The Hall–Kier alpha value is -3.15. The molecule has 0 radical (unpaired) electrons. The van der Waals surface area contributed by atoms with Crippen LogP contribution in [0.15, 0.2) is 59.5 Å². The minimum Gasteiger partial charge on any atom is -0.344 e. The van der Waals surface area contributed by atoms with Gasteiger partial charge in [0.05, 0.1) is 11.7 Å². The van der Waals surface area contributed by atoms with E-state index in [2.05, 4.69) is 15.4 Å². The van der Waals surface area contributed by atoms with Crippen LogP contribution in [-0.2, 0) is 6.42 Å². The van der Waals surface area contributed by atoms with Crippen LogP contribution in [0.5, 0.6) is 0 Å². The minimum absolute atomic E-state index is 0.102. The fraction of sp³-hybridized carbons (Fsp3) is 0.211. The molecule has 0 bridgehead atoms. The topological polar surface area (TPSA) is 79.8 Å². The standard InChI is InChI=1S/C19H18N4O2/c24-18-10-9-14-15(20-18)7-4-8-16(14)21-19(25)17-11-12-23(22-17)13-5-2-1-3-6-13/h1-3,5-6,9-12,16H,4,7-8H2,(H,20,24)(H,21,25)/t16-/m1/s1. The van der Waals surface area contributed by atoms with Crippen LogP contribution < -0.4 is 10.9 Å². The number of hydrogen-bond donors (Lipinski definition) is 2. The van der Waals surface area contributed by atoms with E-state index in [9.17, 15) is 9.59 Å². The molecule has 0 saturated carbocycles. The van der Waals surface area contributed by atoms with Gasteiger partial charge in [-0.05, 0) is 49.1 Å². The van der Waals surface area contributed by atoms with Crippen LogP contribution in [0.3, 0.4) is 0 Å². The lowest BCUT2D eigenvalue weighted by Gasteiger charge is -2.25. The first kappa shape index (κ1) is 15.4. The van der Waals surface area contributed by atoms with E-state index in [0.29, 0.717) is 5.69 Å². The smallest absolute Gasteiger partial charge is 0.272 e. The monoisotopic (exact) mass is 334 g/mol. The summed E-state index contributed by atoms with van der Waals surface area (Å²) in [5.74, 6) is -0.210. The molecule has 0 saturated heterocycles. The van der Waals surface area contributed by atoms with Gasteiger partial charge < -0.3 is 10.3 Å². The molecule has 2 heterocycles. The van der Waals surface area contributed by atoms with Crippen LogP contribution in [-0.4, -0.2) is 20.7 Å². The molecule has 25 heavy (non-hydrogen) atoms. The van der Waals surface area contributed by atoms with E-state index in [1.807, 2.05) is 30.3 Å². The molecule has 2 aromatic heterocycles. The largest absolute Gasteiger partial charge is 0.344 e. The fourth-order valence-electron chi connectivity index (χ4n) is 3.25. The molecule has 1 aromatic carbocycles. The average Bonchev–Trinajstić information content (AvgIpc) is 3.13. The number of aromatic nitrogens is 3. The molecule has 0 spiro atoms. The maximum absolute atomic E-state index is 12.6. The van der Waals surface area contributed by atoms with Crippen molar-refractivity contribution >= 4 is 5.91 Å². The van der Waals surface area contributed by atoms with Gasteiger partial charge in [-0.25, -0.2) is 4.68 Å². The van der Waals surface area contributed by atoms with Crippen LogP contribution in [0.25, 0.3) is 5.69 Å². The molecule has 126 valence electrons. The predicted octanol–water partition coefficient (Wildman–Crippen LogP) is 2.37. The summed E-state index contributed by atoms with van der Waals surface area (Å²) in [4.78, 5) is 26.9. The van der Waals surface area contributed by atoms with E-state index in [1.54, 1.807) is 23.0 Å². The summed E-state index contributed by atoms with van der Waals surface area (Å²) in [7, 11) is 0. The van der Waals surface area contributed by atoms with Crippen molar-refractivity contribution in [3.63, 3.8) is 0 Å². The number of aryl methyl sites for hydroxylation is 1. The zero-order chi connectivity index (χ0) is 17.2. The summed E-state index contributed by atoms with van der Waals surface area (Å²) in [6.45, 7) is 0. The minimum atomic E-state index is -0.210. The first-order chi connectivity index (χ1) is 12.2. The third-order valence-electron chi connectivity index (χ3n) is 4.48. The molecule has 0 aliphatic heterocycles. The number of benzene rings is 1. The molecule has 0 fully saturated rings. The highest BCUT2D eigenvalue weighted by molar-refractivity contribution is 5.92. The third-order valence-corrected chi connectivity index (χ3v) is 4.48. The summed E-state index contributed by atoms with van der Waals surface area (Å²) >= 11 is 0. The Bertz CT molecular complexity index is 959. The lowest BCUT2D eigenvalue weighted by Crippen LogP contribution is -2.32. The zero-order valence-electron chi connectivity index (χ0n) is 13.6. The normalized spacial score (nSPS) is 16.2. The van der Waals surface area contributed by atoms with Gasteiger partial charge in [-0.2, -0.15) is 5.10 Å². The molecule has 1 aliphatic rings. The number of para-hydroxylation sites is 1. The molecular formula is C19H18N4O2. The Morgan fingerprint density at radius 2 is 2.00 bits per heavy atom. The van der Waals surface area contributed by atoms with Gasteiger partial charge in [-0.1, -0.05) is 18.2 Å². The van der Waals surface area contributed by atoms with Crippen molar-refractivity contribution in [1.82, 2.24) is 20.1 Å². The SMILES string of the molecule is O=C(N[C@@H]1CCCc2[nH]c(=O)ccc21)c1ccn(-c2ccccc2)n1. The first-order valence-corrected chi connectivity index (χ1v) is 8.35. The van der Waals surface area contributed by atoms with Crippen LogP contribution in [0.2, 0.25) is 0 Å². The number of rotatable bonds is 3. The van der Waals surface area contributed by atoms with Crippen molar-refractivity contribution in [2.24, 2.45) is 0 Å². The highest BCUT2D eigenvalue weighted by Gasteiger charge is 2.23. The summed E-state index contributed by atoms with van der Waals surface area (Å²) < 4.78 is 1.68. The van der Waals surface area contributed by atoms with E-state index in [4.69, 9.17) is 0 Å². The Labute approximate surface area is 144 Å².